The molecule has 0 aliphatic rings. The van der Waals surface area contributed by atoms with E-state index in [9.17, 15) is 4.79 Å². The summed E-state index contributed by atoms with van der Waals surface area (Å²) in [6, 6.07) is 0. The first-order valence-electron chi connectivity index (χ1n) is 3.61. The van der Waals surface area contributed by atoms with Crippen LogP contribution in [0.3, 0.4) is 0 Å². The number of carbonyl (C=O) groups excluding carboxylic acids is 1. The molecule has 6 nitrogen and oxygen atoms in total. The standard InChI is InChI=1S/C3H8O.C2H5NO2.C2H6O2/c1-3(2)4;1-5-2(3)4;1-2(3)4/h3-4H,1-2H3;1H3,(H2,3,4);2-4H,1H3. The summed E-state index contributed by atoms with van der Waals surface area (Å²) in [6.45, 7) is 4.72. The Labute approximate surface area is 77.9 Å². The maximum absolute atomic E-state index is 9.37. The molecule has 0 aromatic carbocycles. The van der Waals surface area contributed by atoms with Crippen molar-refractivity contribution in [2.24, 2.45) is 5.73 Å². The molecule has 0 aliphatic carbocycles. The molecular weight excluding hydrogens is 178 g/mol. The molecule has 82 valence electrons. The van der Waals surface area contributed by atoms with Gasteiger partial charge < -0.3 is 25.8 Å². The minimum absolute atomic E-state index is 0.167. The van der Waals surface area contributed by atoms with E-state index < -0.39 is 12.4 Å². The van der Waals surface area contributed by atoms with Gasteiger partial charge in [-0.3, -0.25) is 0 Å². The van der Waals surface area contributed by atoms with Gasteiger partial charge in [0.05, 0.1) is 7.11 Å². The number of methoxy groups -OCH3 is 1. The van der Waals surface area contributed by atoms with E-state index in [4.69, 9.17) is 15.3 Å². The molecule has 1 amide bonds. The van der Waals surface area contributed by atoms with Crippen LogP contribution in [-0.2, 0) is 4.74 Å². The molecule has 13 heavy (non-hydrogen) atoms. The number of aliphatic hydroxyl groups excluding tert-OH is 2. The van der Waals surface area contributed by atoms with Gasteiger partial charge in [0, 0.05) is 6.10 Å². The van der Waals surface area contributed by atoms with Gasteiger partial charge in [0.1, 0.15) is 6.29 Å². The summed E-state index contributed by atoms with van der Waals surface area (Å²) in [4.78, 5) is 9.37. The normalized spacial score (nSPS) is 8.08. The smallest absolute Gasteiger partial charge is 0.404 e. The Kier molecular flexibility index (Phi) is 19.0. The van der Waals surface area contributed by atoms with Crippen molar-refractivity contribution in [2.45, 2.75) is 33.2 Å². The second kappa shape index (κ2) is 13.7. The van der Waals surface area contributed by atoms with Gasteiger partial charge in [-0.1, -0.05) is 0 Å². The molecule has 6 heteroatoms. The number of hydrogen-bond donors (Lipinski definition) is 4. The molecule has 0 rings (SSSR count). The monoisotopic (exact) mass is 197 g/mol. The van der Waals surface area contributed by atoms with Gasteiger partial charge in [-0.25, -0.2) is 4.79 Å². The van der Waals surface area contributed by atoms with Gasteiger partial charge >= 0.3 is 6.09 Å². The molecule has 0 radical (unpaired) electrons. The number of ether oxygens (including phenoxy) is 1. The first kappa shape index (κ1) is 18.0. The maximum Gasteiger partial charge on any atom is 0.404 e. The van der Waals surface area contributed by atoms with Gasteiger partial charge in [0.2, 0.25) is 0 Å². The van der Waals surface area contributed by atoms with Crippen LogP contribution in [0.5, 0.6) is 0 Å². The van der Waals surface area contributed by atoms with Crippen LogP contribution in [0, 0.1) is 0 Å². The van der Waals surface area contributed by atoms with Crippen LogP contribution >= 0.6 is 0 Å². The zero-order valence-corrected chi connectivity index (χ0v) is 8.39. The van der Waals surface area contributed by atoms with Crippen molar-refractivity contribution < 1.29 is 24.9 Å². The Morgan fingerprint density at radius 2 is 1.31 bits per heavy atom. The first-order valence-corrected chi connectivity index (χ1v) is 3.61. The lowest BCUT2D eigenvalue weighted by atomic mass is 10.5. The molecular formula is C7H19NO5. The minimum Gasteiger partial charge on any atom is -0.453 e. The molecule has 5 N–H and O–H groups in total. The zero-order chi connectivity index (χ0) is 11.4. The molecule has 0 atom stereocenters. The van der Waals surface area contributed by atoms with Crippen molar-refractivity contribution in [2.75, 3.05) is 7.11 Å². The fourth-order valence-electron chi connectivity index (χ4n) is 0. The highest BCUT2D eigenvalue weighted by molar-refractivity contribution is 5.64. The Morgan fingerprint density at radius 1 is 1.23 bits per heavy atom. The highest BCUT2D eigenvalue weighted by Crippen LogP contribution is 1.65. The molecule has 0 bridgehead atoms. The number of amides is 1. The van der Waals surface area contributed by atoms with Crippen molar-refractivity contribution in [1.29, 1.82) is 0 Å². The van der Waals surface area contributed by atoms with Crippen molar-refractivity contribution in [1.82, 2.24) is 0 Å². The second-order valence-corrected chi connectivity index (χ2v) is 2.25. The second-order valence-electron chi connectivity index (χ2n) is 2.25. The third kappa shape index (κ3) is 706. The lowest BCUT2D eigenvalue weighted by Gasteiger charge is -1.81. The summed E-state index contributed by atoms with van der Waals surface area (Å²) in [5.41, 5.74) is 4.43. The van der Waals surface area contributed by atoms with E-state index in [0.717, 1.165) is 0 Å². The summed E-state index contributed by atoms with van der Waals surface area (Å²) < 4.78 is 3.89. The number of rotatable bonds is 0. The van der Waals surface area contributed by atoms with E-state index in [0.29, 0.717) is 0 Å². The van der Waals surface area contributed by atoms with Crippen molar-refractivity contribution in [3.8, 4) is 0 Å². The van der Waals surface area contributed by atoms with Gasteiger partial charge in [-0.15, -0.1) is 0 Å². The van der Waals surface area contributed by atoms with Crippen molar-refractivity contribution in [3.63, 3.8) is 0 Å². The van der Waals surface area contributed by atoms with Crippen LogP contribution in [-0.4, -0.2) is 40.9 Å². The van der Waals surface area contributed by atoms with Crippen LogP contribution in [0.4, 0.5) is 4.79 Å². The average molecular weight is 197 g/mol. The van der Waals surface area contributed by atoms with E-state index in [1.54, 1.807) is 13.8 Å². The Balaban J connectivity index is -0.000000117. The molecule has 0 heterocycles. The Bertz CT molecular complexity index is 93.5. The number of aliphatic hydroxyl groups is 3. The van der Waals surface area contributed by atoms with Crippen molar-refractivity contribution in [3.05, 3.63) is 0 Å². The average Bonchev–Trinajstić information content (AvgIpc) is 1.84. The Hall–Kier alpha value is -0.850. The summed E-state index contributed by atoms with van der Waals surface area (Å²) in [5, 5.41) is 23.3. The van der Waals surface area contributed by atoms with Crippen LogP contribution < -0.4 is 5.73 Å². The van der Waals surface area contributed by atoms with Crippen LogP contribution in [0.2, 0.25) is 0 Å². The Morgan fingerprint density at radius 3 is 1.31 bits per heavy atom. The highest BCUT2D eigenvalue weighted by atomic mass is 16.5. The molecule has 0 spiro atoms. The van der Waals surface area contributed by atoms with E-state index in [2.05, 4.69) is 10.5 Å². The minimum atomic E-state index is -1.17. The summed E-state index contributed by atoms with van der Waals surface area (Å²) in [6.07, 6.45) is -2.08. The molecule has 0 aromatic rings. The van der Waals surface area contributed by atoms with E-state index in [1.807, 2.05) is 0 Å². The predicted octanol–water partition coefficient (Wildman–Crippen LogP) is -0.584. The number of primary amides is 1. The quantitative estimate of drug-likeness (QED) is 0.388. The van der Waals surface area contributed by atoms with Gasteiger partial charge in [0.15, 0.2) is 0 Å². The van der Waals surface area contributed by atoms with Gasteiger partial charge in [-0.2, -0.15) is 0 Å². The number of nitrogens with two attached hydrogens (primary N) is 1. The lowest BCUT2D eigenvalue weighted by molar-refractivity contribution is -0.0228. The number of hydrogen-bond acceptors (Lipinski definition) is 5. The fourth-order valence-corrected chi connectivity index (χ4v) is 0. The first-order chi connectivity index (χ1) is 5.73. The van der Waals surface area contributed by atoms with E-state index >= 15 is 0 Å². The SMILES string of the molecule is CC(C)O.CC(O)O.COC(N)=O. The number of carbonyl (C=O) groups is 1. The summed E-state index contributed by atoms with van der Waals surface area (Å²) >= 11 is 0. The third-order valence-electron chi connectivity index (χ3n) is 0.201. The van der Waals surface area contributed by atoms with Crippen LogP contribution in [0.1, 0.15) is 20.8 Å². The zero-order valence-electron chi connectivity index (χ0n) is 8.39. The molecule has 0 saturated heterocycles. The van der Waals surface area contributed by atoms with Crippen LogP contribution in [0.25, 0.3) is 0 Å². The lowest BCUT2D eigenvalue weighted by Crippen LogP contribution is -2.08. The van der Waals surface area contributed by atoms with Gasteiger partial charge in [0.25, 0.3) is 0 Å². The molecule has 0 fully saturated rings. The van der Waals surface area contributed by atoms with Crippen LogP contribution in [0.15, 0.2) is 0 Å². The summed E-state index contributed by atoms with van der Waals surface area (Å²) in [5.74, 6) is 0. The topological polar surface area (TPSA) is 113 Å². The molecule has 0 unspecified atom stereocenters. The highest BCUT2D eigenvalue weighted by Gasteiger charge is 1.76. The predicted molar refractivity (Wildman–Crippen MR) is 47.8 cm³/mol. The third-order valence-corrected chi connectivity index (χ3v) is 0.201. The maximum atomic E-state index is 9.37. The van der Waals surface area contributed by atoms with E-state index in [-0.39, 0.29) is 6.10 Å². The fraction of sp³-hybridized carbons (Fsp3) is 0.857. The van der Waals surface area contributed by atoms with Gasteiger partial charge in [-0.05, 0) is 20.8 Å². The summed E-state index contributed by atoms with van der Waals surface area (Å²) in [7, 11) is 1.22. The van der Waals surface area contributed by atoms with Crippen molar-refractivity contribution >= 4 is 6.09 Å². The molecule has 0 aromatic heterocycles. The van der Waals surface area contributed by atoms with E-state index in [1.165, 1.54) is 14.0 Å². The largest absolute Gasteiger partial charge is 0.453 e. The molecule has 0 aliphatic heterocycles. The molecule has 0 saturated carbocycles.